The summed E-state index contributed by atoms with van der Waals surface area (Å²) in [5.74, 6) is -0.774. The van der Waals surface area contributed by atoms with Crippen LogP contribution in [0.1, 0.15) is 18.4 Å². The van der Waals surface area contributed by atoms with Gasteiger partial charge in [-0.3, -0.25) is 19.3 Å². The summed E-state index contributed by atoms with van der Waals surface area (Å²) in [5, 5.41) is 5.50. The number of carbonyl (C=O) groups is 3. The van der Waals surface area contributed by atoms with Gasteiger partial charge in [-0.2, -0.15) is 0 Å². The van der Waals surface area contributed by atoms with Gasteiger partial charge in [-0.1, -0.05) is 18.2 Å². The first-order valence-electron chi connectivity index (χ1n) is 8.84. The van der Waals surface area contributed by atoms with Gasteiger partial charge in [0.2, 0.25) is 17.7 Å². The van der Waals surface area contributed by atoms with Crippen molar-refractivity contribution in [1.82, 2.24) is 20.4 Å². The third-order valence-corrected chi connectivity index (χ3v) is 4.81. The number of hydrogen-bond donors (Lipinski definition) is 2. The molecule has 3 amide bonds. The van der Waals surface area contributed by atoms with E-state index in [1.807, 2.05) is 4.90 Å². The van der Waals surface area contributed by atoms with Gasteiger partial charge in [-0.25, -0.2) is 4.39 Å². The molecule has 1 aromatic rings. The molecule has 140 valence electrons. The summed E-state index contributed by atoms with van der Waals surface area (Å²) in [6.07, 6.45) is 0.288. The number of benzene rings is 1. The van der Waals surface area contributed by atoms with Crippen molar-refractivity contribution in [2.75, 3.05) is 32.7 Å². The van der Waals surface area contributed by atoms with Crippen LogP contribution < -0.4 is 10.6 Å². The van der Waals surface area contributed by atoms with Gasteiger partial charge in [0.15, 0.2) is 0 Å². The molecule has 0 saturated carbocycles. The highest BCUT2D eigenvalue weighted by atomic mass is 19.1. The number of rotatable bonds is 4. The molecule has 2 heterocycles. The van der Waals surface area contributed by atoms with Crippen LogP contribution in [0.5, 0.6) is 0 Å². The molecule has 3 rings (SSSR count). The smallest absolute Gasteiger partial charge is 0.237 e. The topological polar surface area (TPSA) is 81.8 Å². The molecule has 2 aliphatic rings. The molecule has 0 unspecified atom stereocenters. The molecule has 0 aromatic heterocycles. The van der Waals surface area contributed by atoms with Gasteiger partial charge in [-0.15, -0.1) is 0 Å². The standard InChI is InChI=1S/C18H23FN4O3/c19-14-4-2-1-3-13(14)12-23-10-7-21-18(26)15(23)11-17(25)22-8-5-16(24)20-6-9-22/h1-4,15H,5-12H2,(H,20,24)(H,21,26)/t15-/m1/s1. The maximum atomic E-state index is 14.0. The molecule has 0 bridgehead atoms. The lowest BCUT2D eigenvalue weighted by Gasteiger charge is -2.35. The van der Waals surface area contributed by atoms with E-state index in [9.17, 15) is 18.8 Å². The zero-order valence-corrected chi connectivity index (χ0v) is 14.5. The number of nitrogens with zero attached hydrogens (tertiary/aromatic N) is 2. The average Bonchev–Trinajstić information content (AvgIpc) is 2.84. The summed E-state index contributed by atoms with van der Waals surface area (Å²) in [5.41, 5.74) is 0.504. The van der Waals surface area contributed by atoms with E-state index in [4.69, 9.17) is 0 Å². The molecule has 0 spiro atoms. The second kappa shape index (κ2) is 8.27. The SMILES string of the molecule is O=C1CCN(C(=O)C[C@@H]2C(=O)NCCN2Cc2ccccc2F)CCN1. The van der Waals surface area contributed by atoms with Crippen molar-refractivity contribution in [2.45, 2.75) is 25.4 Å². The lowest BCUT2D eigenvalue weighted by molar-refractivity contribution is -0.139. The zero-order chi connectivity index (χ0) is 18.5. The van der Waals surface area contributed by atoms with E-state index >= 15 is 0 Å². The first-order valence-corrected chi connectivity index (χ1v) is 8.84. The third kappa shape index (κ3) is 4.37. The molecule has 7 nitrogen and oxygen atoms in total. The fraction of sp³-hybridized carbons (Fsp3) is 0.500. The molecule has 0 radical (unpaired) electrons. The van der Waals surface area contributed by atoms with Crippen molar-refractivity contribution in [3.63, 3.8) is 0 Å². The van der Waals surface area contributed by atoms with E-state index in [1.165, 1.54) is 6.07 Å². The van der Waals surface area contributed by atoms with Crippen molar-refractivity contribution >= 4 is 17.7 Å². The number of halogens is 1. The van der Waals surface area contributed by atoms with Gasteiger partial charge in [-0.05, 0) is 6.07 Å². The summed E-state index contributed by atoms with van der Waals surface area (Å²) < 4.78 is 14.0. The van der Waals surface area contributed by atoms with Crippen molar-refractivity contribution in [3.05, 3.63) is 35.6 Å². The maximum absolute atomic E-state index is 14.0. The normalized spacial score (nSPS) is 21.7. The number of carbonyl (C=O) groups excluding carboxylic acids is 3. The largest absolute Gasteiger partial charge is 0.354 e. The summed E-state index contributed by atoms with van der Waals surface area (Å²) in [6, 6.07) is 5.82. The molecule has 8 heteroatoms. The first kappa shape index (κ1) is 18.3. The third-order valence-electron chi connectivity index (χ3n) is 4.81. The maximum Gasteiger partial charge on any atom is 0.237 e. The number of amides is 3. The molecule has 2 aliphatic heterocycles. The monoisotopic (exact) mass is 362 g/mol. The molecular formula is C18H23FN4O3. The van der Waals surface area contributed by atoms with Gasteiger partial charge in [0.1, 0.15) is 5.82 Å². The fourth-order valence-corrected chi connectivity index (χ4v) is 3.33. The van der Waals surface area contributed by atoms with Crippen LogP contribution in [0.3, 0.4) is 0 Å². The van der Waals surface area contributed by atoms with Crippen molar-refractivity contribution in [1.29, 1.82) is 0 Å². The Hall–Kier alpha value is -2.48. The number of piperazine rings is 1. The van der Waals surface area contributed by atoms with E-state index in [2.05, 4.69) is 10.6 Å². The summed E-state index contributed by atoms with van der Waals surface area (Å²) >= 11 is 0. The van der Waals surface area contributed by atoms with Crippen molar-refractivity contribution < 1.29 is 18.8 Å². The summed E-state index contributed by atoms with van der Waals surface area (Å²) in [7, 11) is 0. The minimum atomic E-state index is -0.636. The fourth-order valence-electron chi connectivity index (χ4n) is 3.33. The van der Waals surface area contributed by atoms with E-state index in [0.29, 0.717) is 38.3 Å². The van der Waals surface area contributed by atoms with Crippen LogP contribution in [0.25, 0.3) is 0 Å². The molecule has 2 fully saturated rings. The van der Waals surface area contributed by atoms with Crippen LogP contribution in [0.2, 0.25) is 0 Å². The van der Waals surface area contributed by atoms with Crippen LogP contribution in [0.4, 0.5) is 4.39 Å². The van der Waals surface area contributed by atoms with E-state index < -0.39 is 6.04 Å². The van der Waals surface area contributed by atoms with Gasteiger partial charge in [0, 0.05) is 51.3 Å². The molecule has 2 N–H and O–H groups in total. The average molecular weight is 362 g/mol. The molecule has 0 aliphatic carbocycles. The van der Waals surface area contributed by atoms with Gasteiger partial charge in [0.05, 0.1) is 12.5 Å². The Kier molecular flexibility index (Phi) is 5.82. The Morgan fingerprint density at radius 1 is 1.12 bits per heavy atom. The van der Waals surface area contributed by atoms with Crippen LogP contribution in [-0.4, -0.2) is 66.3 Å². The van der Waals surface area contributed by atoms with E-state index in [1.54, 1.807) is 23.1 Å². The van der Waals surface area contributed by atoms with Crippen molar-refractivity contribution in [3.8, 4) is 0 Å². The number of hydrogen-bond acceptors (Lipinski definition) is 4. The Morgan fingerprint density at radius 3 is 2.69 bits per heavy atom. The van der Waals surface area contributed by atoms with Gasteiger partial charge in [0.25, 0.3) is 0 Å². The molecule has 1 atom stereocenters. The first-order chi connectivity index (χ1) is 12.5. The summed E-state index contributed by atoms with van der Waals surface area (Å²) in [6.45, 7) is 2.51. The molecule has 2 saturated heterocycles. The second-order valence-corrected chi connectivity index (χ2v) is 6.55. The number of nitrogens with one attached hydrogen (secondary N) is 2. The highest BCUT2D eigenvalue weighted by molar-refractivity contribution is 5.89. The van der Waals surface area contributed by atoms with Crippen LogP contribution >= 0.6 is 0 Å². The van der Waals surface area contributed by atoms with Crippen LogP contribution in [0.15, 0.2) is 24.3 Å². The Bertz CT molecular complexity index is 697. The Labute approximate surface area is 151 Å². The Morgan fingerprint density at radius 2 is 1.88 bits per heavy atom. The summed E-state index contributed by atoms with van der Waals surface area (Å²) in [4.78, 5) is 39.9. The van der Waals surface area contributed by atoms with Gasteiger partial charge >= 0.3 is 0 Å². The van der Waals surface area contributed by atoms with E-state index in [0.717, 1.165) is 0 Å². The molecule has 26 heavy (non-hydrogen) atoms. The predicted octanol–water partition coefficient (Wildman–Crippen LogP) is -0.135. The van der Waals surface area contributed by atoms with Gasteiger partial charge < -0.3 is 15.5 Å². The van der Waals surface area contributed by atoms with Crippen LogP contribution in [-0.2, 0) is 20.9 Å². The molecular weight excluding hydrogens is 339 g/mol. The lowest BCUT2D eigenvalue weighted by atomic mass is 10.1. The molecule has 1 aromatic carbocycles. The highest BCUT2D eigenvalue weighted by Gasteiger charge is 2.33. The van der Waals surface area contributed by atoms with Crippen molar-refractivity contribution in [2.24, 2.45) is 0 Å². The Balaban J connectivity index is 1.68. The quantitative estimate of drug-likeness (QED) is 0.782. The second-order valence-electron chi connectivity index (χ2n) is 6.55. The zero-order valence-electron chi connectivity index (χ0n) is 14.5. The van der Waals surface area contributed by atoms with E-state index in [-0.39, 0.29) is 42.9 Å². The highest BCUT2D eigenvalue weighted by Crippen LogP contribution is 2.17. The minimum Gasteiger partial charge on any atom is -0.354 e. The lowest BCUT2D eigenvalue weighted by Crippen LogP contribution is -2.56. The minimum absolute atomic E-state index is 0.0223. The predicted molar refractivity (Wildman–Crippen MR) is 92.4 cm³/mol. The van der Waals surface area contributed by atoms with Crippen LogP contribution in [0, 0.1) is 5.82 Å².